The van der Waals surface area contributed by atoms with E-state index in [-0.39, 0.29) is 5.82 Å². The molecule has 2 N–H and O–H groups in total. The summed E-state index contributed by atoms with van der Waals surface area (Å²) in [5.41, 5.74) is 10.0. The van der Waals surface area contributed by atoms with E-state index in [1.165, 1.54) is 6.33 Å². The van der Waals surface area contributed by atoms with Crippen LogP contribution in [0.3, 0.4) is 0 Å². The van der Waals surface area contributed by atoms with E-state index in [1.807, 2.05) is 91.0 Å². The third kappa shape index (κ3) is 5.85. The molecular formula is C30H30N6O4. The highest BCUT2D eigenvalue weighted by molar-refractivity contribution is 5.80. The van der Waals surface area contributed by atoms with E-state index >= 15 is 0 Å². The van der Waals surface area contributed by atoms with Crippen molar-refractivity contribution in [2.75, 3.05) is 12.3 Å². The molecule has 10 nitrogen and oxygen atoms in total. The topological polar surface area (TPSA) is 119 Å². The number of rotatable bonds is 11. The molecule has 1 aliphatic rings. The number of ether oxygens (including phenoxy) is 4. The van der Waals surface area contributed by atoms with Crippen LogP contribution in [0.25, 0.3) is 11.2 Å². The quantitative estimate of drug-likeness (QED) is 0.265. The molecule has 3 aromatic carbocycles. The van der Waals surface area contributed by atoms with Gasteiger partial charge >= 0.3 is 0 Å². The zero-order chi connectivity index (χ0) is 27.1. The Balaban J connectivity index is 1.29. The molecule has 6 rings (SSSR count). The Bertz CT molecular complexity index is 1500. The van der Waals surface area contributed by atoms with Crippen LogP contribution in [0.2, 0.25) is 0 Å². The third-order valence-electron chi connectivity index (χ3n) is 6.78. The van der Waals surface area contributed by atoms with Crippen LogP contribution >= 0.6 is 0 Å². The normalized spacial score (nSPS) is 20.7. The van der Waals surface area contributed by atoms with E-state index in [1.54, 1.807) is 4.68 Å². The van der Waals surface area contributed by atoms with Crippen molar-refractivity contribution in [3.8, 4) is 0 Å². The molecule has 1 aliphatic heterocycles. The molecule has 40 heavy (non-hydrogen) atoms. The Morgan fingerprint density at radius 2 is 1.30 bits per heavy atom. The fourth-order valence-electron chi connectivity index (χ4n) is 4.77. The first-order valence-corrected chi connectivity index (χ1v) is 13.2. The van der Waals surface area contributed by atoms with E-state index in [9.17, 15) is 0 Å². The lowest BCUT2D eigenvalue weighted by atomic mass is 10.1. The van der Waals surface area contributed by atoms with Crippen LogP contribution in [0.15, 0.2) is 97.3 Å². The highest BCUT2D eigenvalue weighted by atomic mass is 16.6. The van der Waals surface area contributed by atoms with Gasteiger partial charge in [-0.25, -0.2) is 9.97 Å². The molecule has 3 heterocycles. The van der Waals surface area contributed by atoms with E-state index in [4.69, 9.17) is 24.7 Å². The average Bonchev–Trinajstić information content (AvgIpc) is 3.58. The van der Waals surface area contributed by atoms with Crippen molar-refractivity contribution in [3.63, 3.8) is 0 Å². The molecule has 10 heteroatoms. The summed E-state index contributed by atoms with van der Waals surface area (Å²) >= 11 is 0. The van der Waals surface area contributed by atoms with Crippen LogP contribution in [0.5, 0.6) is 0 Å². The first-order valence-electron chi connectivity index (χ1n) is 13.2. The molecule has 0 spiro atoms. The van der Waals surface area contributed by atoms with Crippen molar-refractivity contribution in [2.45, 2.75) is 44.4 Å². The molecule has 0 saturated carbocycles. The molecule has 0 radical (unpaired) electrons. The highest BCUT2D eigenvalue weighted by Gasteiger charge is 2.48. The third-order valence-corrected chi connectivity index (χ3v) is 6.78. The van der Waals surface area contributed by atoms with E-state index in [2.05, 4.69) is 20.3 Å². The molecule has 1 fully saturated rings. The SMILES string of the molecule is Nc1ncnc2c1nnn2C1OC(COCc2ccccc2)C(OCc2ccccc2)C1OCc1ccccc1. The molecule has 0 bridgehead atoms. The summed E-state index contributed by atoms with van der Waals surface area (Å²) in [4.78, 5) is 8.42. The van der Waals surface area contributed by atoms with E-state index in [0.717, 1.165) is 16.7 Å². The van der Waals surface area contributed by atoms with Gasteiger partial charge in [0.2, 0.25) is 0 Å². The second-order valence-corrected chi connectivity index (χ2v) is 9.55. The maximum atomic E-state index is 6.58. The van der Waals surface area contributed by atoms with Crippen LogP contribution in [0.4, 0.5) is 5.82 Å². The summed E-state index contributed by atoms with van der Waals surface area (Å²) in [5, 5.41) is 8.56. The number of hydrogen-bond acceptors (Lipinski definition) is 9. The summed E-state index contributed by atoms with van der Waals surface area (Å²) in [7, 11) is 0. The Labute approximate surface area is 231 Å². The van der Waals surface area contributed by atoms with Gasteiger partial charge in [0, 0.05) is 0 Å². The van der Waals surface area contributed by atoms with Crippen LogP contribution in [-0.2, 0) is 38.8 Å². The lowest BCUT2D eigenvalue weighted by Crippen LogP contribution is -2.38. The minimum absolute atomic E-state index is 0.246. The van der Waals surface area contributed by atoms with Crippen LogP contribution in [0.1, 0.15) is 22.9 Å². The number of nitrogen functional groups attached to an aromatic ring is 1. The number of hydrogen-bond donors (Lipinski definition) is 1. The summed E-state index contributed by atoms with van der Waals surface area (Å²) in [6, 6.07) is 30.0. The van der Waals surface area contributed by atoms with Gasteiger partial charge in [-0.2, -0.15) is 4.68 Å². The average molecular weight is 539 g/mol. The van der Waals surface area contributed by atoms with Crippen molar-refractivity contribution in [3.05, 3.63) is 114 Å². The van der Waals surface area contributed by atoms with Gasteiger partial charge in [-0.05, 0) is 16.7 Å². The number of nitrogens with zero attached hydrogens (tertiary/aromatic N) is 5. The first-order chi connectivity index (χ1) is 19.8. The van der Waals surface area contributed by atoms with Gasteiger partial charge in [-0.15, -0.1) is 5.10 Å². The molecule has 5 aromatic rings. The Morgan fingerprint density at radius 3 is 1.93 bits per heavy atom. The molecule has 0 aliphatic carbocycles. The van der Waals surface area contributed by atoms with Crippen LogP contribution in [-0.4, -0.2) is 49.9 Å². The Kier molecular flexibility index (Phi) is 8.01. The van der Waals surface area contributed by atoms with Crippen molar-refractivity contribution >= 4 is 17.0 Å². The molecular weight excluding hydrogens is 508 g/mol. The minimum atomic E-state index is -0.686. The Morgan fingerprint density at radius 1 is 0.725 bits per heavy atom. The minimum Gasteiger partial charge on any atom is -0.382 e. The predicted molar refractivity (Wildman–Crippen MR) is 148 cm³/mol. The van der Waals surface area contributed by atoms with Gasteiger partial charge in [0.05, 0.1) is 26.4 Å². The van der Waals surface area contributed by atoms with Gasteiger partial charge in [-0.3, -0.25) is 0 Å². The number of nitrogens with two attached hydrogens (primary N) is 1. The molecule has 0 amide bonds. The van der Waals surface area contributed by atoms with Crippen LogP contribution in [0, 0.1) is 0 Å². The number of benzene rings is 3. The van der Waals surface area contributed by atoms with Crippen molar-refractivity contribution in [2.24, 2.45) is 0 Å². The highest BCUT2D eigenvalue weighted by Crippen LogP contribution is 2.36. The lowest BCUT2D eigenvalue weighted by molar-refractivity contribution is -0.0928. The second kappa shape index (κ2) is 12.3. The van der Waals surface area contributed by atoms with E-state index < -0.39 is 24.5 Å². The Hall–Kier alpha value is -4.22. The summed E-state index contributed by atoms with van der Waals surface area (Å²) in [6.45, 7) is 1.48. The van der Waals surface area contributed by atoms with E-state index in [0.29, 0.717) is 37.6 Å². The first kappa shape index (κ1) is 26.0. The van der Waals surface area contributed by atoms with Gasteiger partial charge in [-0.1, -0.05) is 96.2 Å². The molecule has 4 unspecified atom stereocenters. The van der Waals surface area contributed by atoms with Crippen molar-refractivity contribution < 1.29 is 18.9 Å². The summed E-state index contributed by atoms with van der Waals surface area (Å²) in [5.74, 6) is 0.246. The second-order valence-electron chi connectivity index (χ2n) is 9.55. The van der Waals surface area contributed by atoms with Crippen molar-refractivity contribution in [1.29, 1.82) is 0 Å². The molecule has 1 saturated heterocycles. The monoisotopic (exact) mass is 538 g/mol. The van der Waals surface area contributed by atoms with Crippen LogP contribution < -0.4 is 5.73 Å². The predicted octanol–water partition coefficient (Wildman–Crippen LogP) is 4.09. The van der Waals surface area contributed by atoms with Gasteiger partial charge in [0.25, 0.3) is 0 Å². The molecule has 4 atom stereocenters. The van der Waals surface area contributed by atoms with Gasteiger partial charge < -0.3 is 24.7 Å². The smallest absolute Gasteiger partial charge is 0.186 e. The van der Waals surface area contributed by atoms with Gasteiger partial charge in [0.1, 0.15) is 24.6 Å². The largest absolute Gasteiger partial charge is 0.382 e. The van der Waals surface area contributed by atoms with Crippen molar-refractivity contribution in [1.82, 2.24) is 25.0 Å². The zero-order valence-electron chi connectivity index (χ0n) is 21.8. The summed E-state index contributed by atoms with van der Waals surface area (Å²) in [6.07, 6.45) is -0.764. The number of anilines is 1. The molecule has 2 aromatic heterocycles. The molecule has 204 valence electrons. The van der Waals surface area contributed by atoms with Gasteiger partial charge in [0.15, 0.2) is 23.2 Å². The standard InChI is InChI=1S/C30H30N6O4/c31-28-25-29(33-20-32-28)36(35-34-25)30-27(39-18-23-14-8-3-9-15-23)26(38-17-22-12-6-2-7-13-22)24(40-30)19-37-16-21-10-4-1-5-11-21/h1-15,20,24,26-27,30H,16-19H2,(H2,31,32,33). The summed E-state index contributed by atoms with van der Waals surface area (Å²) < 4.78 is 27.3. The fraction of sp³-hybridized carbons (Fsp3) is 0.267. The maximum Gasteiger partial charge on any atom is 0.186 e. The number of aromatic nitrogens is 5. The fourth-order valence-corrected chi connectivity index (χ4v) is 4.77. The number of fused-ring (bicyclic) bond motifs is 1. The lowest BCUT2D eigenvalue weighted by Gasteiger charge is -2.25. The maximum absolute atomic E-state index is 6.58. The zero-order valence-corrected chi connectivity index (χ0v) is 21.8.